The van der Waals surface area contributed by atoms with E-state index in [0.717, 1.165) is 43.2 Å². The zero-order valence-corrected chi connectivity index (χ0v) is 14.1. The number of para-hydroxylation sites is 1. The van der Waals surface area contributed by atoms with Crippen LogP contribution < -0.4 is 5.32 Å². The van der Waals surface area contributed by atoms with E-state index in [4.69, 9.17) is 0 Å². The number of nitrogens with one attached hydrogen (secondary N) is 1. The van der Waals surface area contributed by atoms with Crippen LogP contribution in [0, 0.1) is 5.92 Å². The molecule has 0 saturated carbocycles. The highest BCUT2D eigenvalue weighted by Gasteiger charge is 2.32. The Kier molecular flexibility index (Phi) is 4.73. The molecule has 0 radical (unpaired) electrons. The van der Waals surface area contributed by atoms with Crippen molar-refractivity contribution in [2.24, 2.45) is 5.92 Å². The van der Waals surface area contributed by atoms with Gasteiger partial charge < -0.3 is 10.2 Å². The fourth-order valence-corrected chi connectivity index (χ4v) is 5.44. The molecule has 2 aliphatic rings. The second-order valence-electron chi connectivity index (χ2n) is 6.73. The molecule has 3 rings (SSSR count). The molecular formula is C17H26N2O2S. The van der Waals surface area contributed by atoms with Crippen molar-refractivity contribution in [3.63, 3.8) is 0 Å². The van der Waals surface area contributed by atoms with Gasteiger partial charge in [-0.15, -0.1) is 0 Å². The first-order chi connectivity index (χ1) is 10.6. The van der Waals surface area contributed by atoms with E-state index in [2.05, 4.69) is 17.1 Å². The summed E-state index contributed by atoms with van der Waals surface area (Å²) < 4.78 is 25.3. The van der Waals surface area contributed by atoms with Crippen LogP contribution in [0.25, 0.3) is 0 Å². The predicted molar refractivity (Wildman–Crippen MR) is 90.9 cm³/mol. The van der Waals surface area contributed by atoms with Gasteiger partial charge in [-0.2, -0.15) is 0 Å². The average molecular weight is 322 g/mol. The van der Waals surface area contributed by atoms with Crippen LogP contribution in [0.5, 0.6) is 0 Å². The van der Waals surface area contributed by atoms with Gasteiger partial charge in [0.1, 0.15) is 5.25 Å². The van der Waals surface area contributed by atoms with Crippen molar-refractivity contribution in [1.82, 2.24) is 4.90 Å². The second kappa shape index (κ2) is 6.59. The number of likely N-dealkylation sites (tertiary alicyclic amines) is 1. The Morgan fingerprint density at radius 2 is 2.14 bits per heavy atom. The van der Waals surface area contributed by atoms with E-state index >= 15 is 0 Å². The summed E-state index contributed by atoms with van der Waals surface area (Å²) in [6, 6.07) is 7.76. The van der Waals surface area contributed by atoms with E-state index < -0.39 is 9.84 Å². The first-order valence-electron chi connectivity index (χ1n) is 8.33. The van der Waals surface area contributed by atoms with Crippen molar-refractivity contribution in [2.45, 2.75) is 31.4 Å². The standard InChI is InChI=1S/C17H26N2O2S/c1-14-6-4-9-19(13-14)10-5-11-22(20,21)17-12-18-16-8-3-2-7-15(16)17/h2-3,7-8,14,17-18H,4-6,9-13H2,1H3. The van der Waals surface area contributed by atoms with Crippen LogP contribution in [-0.2, 0) is 9.84 Å². The Labute approximate surface area is 133 Å². The maximum absolute atomic E-state index is 12.6. The van der Waals surface area contributed by atoms with E-state index in [1.54, 1.807) is 0 Å². The van der Waals surface area contributed by atoms with Gasteiger partial charge in [-0.05, 0) is 49.9 Å². The number of hydrogen-bond acceptors (Lipinski definition) is 4. The third-order valence-electron chi connectivity index (χ3n) is 4.86. The maximum Gasteiger partial charge on any atom is 0.159 e. The fraction of sp³-hybridized carbons (Fsp3) is 0.647. The number of hydrogen-bond donors (Lipinski definition) is 1. The normalized spacial score (nSPS) is 25.7. The lowest BCUT2D eigenvalue weighted by molar-refractivity contribution is 0.184. The highest BCUT2D eigenvalue weighted by Crippen LogP contribution is 2.35. The average Bonchev–Trinajstić information content (AvgIpc) is 2.92. The summed E-state index contributed by atoms with van der Waals surface area (Å²) in [7, 11) is -3.08. The molecule has 1 N–H and O–H groups in total. The minimum Gasteiger partial charge on any atom is -0.383 e. The number of piperidine rings is 1. The maximum atomic E-state index is 12.6. The summed E-state index contributed by atoms with van der Waals surface area (Å²) in [6.45, 7) is 5.95. The number of anilines is 1. The number of fused-ring (bicyclic) bond motifs is 1. The molecule has 0 aliphatic carbocycles. The van der Waals surface area contributed by atoms with Crippen molar-refractivity contribution < 1.29 is 8.42 Å². The Morgan fingerprint density at radius 3 is 2.95 bits per heavy atom. The number of benzene rings is 1. The van der Waals surface area contributed by atoms with E-state index in [0.29, 0.717) is 12.3 Å². The molecule has 1 aromatic rings. The van der Waals surface area contributed by atoms with Crippen LogP contribution in [0.4, 0.5) is 5.69 Å². The molecule has 1 fully saturated rings. The molecule has 1 saturated heterocycles. The fourth-order valence-electron chi connectivity index (χ4n) is 3.69. The van der Waals surface area contributed by atoms with Crippen molar-refractivity contribution in [3.05, 3.63) is 29.8 Å². The van der Waals surface area contributed by atoms with Crippen LogP contribution >= 0.6 is 0 Å². The summed E-state index contributed by atoms with van der Waals surface area (Å²) in [5.74, 6) is 1.04. The molecule has 5 heteroatoms. The van der Waals surface area contributed by atoms with E-state index in [1.165, 1.54) is 12.8 Å². The minimum atomic E-state index is -3.08. The summed E-state index contributed by atoms with van der Waals surface area (Å²) in [6.07, 6.45) is 3.29. The lowest BCUT2D eigenvalue weighted by atomic mass is 10.0. The van der Waals surface area contributed by atoms with Gasteiger partial charge in [0.05, 0.1) is 5.75 Å². The molecule has 2 aliphatic heterocycles. The quantitative estimate of drug-likeness (QED) is 0.905. The Balaban J connectivity index is 1.56. The van der Waals surface area contributed by atoms with Gasteiger partial charge in [-0.3, -0.25) is 0 Å². The molecule has 4 nitrogen and oxygen atoms in total. The molecular weight excluding hydrogens is 296 g/mol. The lowest BCUT2D eigenvalue weighted by Crippen LogP contribution is -2.35. The van der Waals surface area contributed by atoms with Crippen LogP contribution in [-0.4, -0.2) is 45.2 Å². The van der Waals surface area contributed by atoms with E-state index in [9.17, 15) is 8.42 Å². The van der Waals surface area contributed by atoms with Crippen molar-refractivity contribution in [1.29, 1.82) is 0 Å². The zero-order chi connectivity index (χ0) is 15.6. The van der Waals surface area contributed by atoms with Crippen molar-refractivity contribution in [3.8, 4) is 0 Å². The third-order valence-corrected chi connectivity index (χ3v) is 7.01. The first-order valence-corrected chi connectivity index (χ1v) is 10.0. The number of rotatable bonds is 5. The van der Waals surface area contributed by atoms with Gasteiger partial charge in [-0.1, -0.05) is 25.1 Å². The molecule has 1 aromatic carbocycles. The molecule has 22 heavy (non-hydrogen) atoms. The topological polar surface area (TPSA) is 49.4 Å². The largest absolute Gasteiger partial charge is 0.383 e. The van der Waals surface area contributed by atoms with Gasteiger partial charge in [0.25, 0.3) is 0 Å². The molecule has 0 aromatic heterocycles. The molecule has 2 heterocycles. The van der Waals surface area contributed by atoms with E-state index in [1.807, 2.05) is 24.3 Å². The molecule has 0 bridgehead atoms. The lowest BCUT2D eigenvalue weighted by Gasteiger charge is -2.30. The molecule has 122 valence electrons. The van der Waals surface area contributed by atoms with Gasteiger partial charge in [0, 0.05) is 18.8 Å². The smallest absolute Gasteiger partial charge is 0.159 e. The Bertz CT molecular complexity index is 615. The minimum absolute atomic E-state index is 0.290. The van der Waals surface area contributed by atoms with Gasteiger partial charge in [0.2, 0.25) is 0 Å². The third kappa shape index (κ3) is 3.46. The summed E-state index contributed by atoms with van der Waals surface area (Å²) in [5, 5.41) is 2.84. The van der Waals surface area contributed by atoms with Crippen LogP contribution in [0.1, 0.15) is 37.0 Å². The second-order valence-corrected chi connectivity index (χ2v) is 9.03. The number of sulfone groups is 1. The van der Waals surface area contributed by atoms with Gasteiger partial charge >= 0.3 is 0 Å². The predicted octanol–water partition coefficient (Wildman–Crippen LogP) is 2.69. The van der Waals surface area contributed by atoms with Crippen LogP contribution in [0.3, 0.4) is 0 Å². The van der Waals surface area contributed by atoms with Gasteiger partial charge in [-0.25, -0.2) is 8.42 Å². The molecule has 2 unspecified atom stereocenters. The first kappa shape index (κ1) is 15.8. The zero-order valence-electron chi connectivity index (χ0n) is 13.3. The van der Waals surface area contributed by atoms with Crippen LogP contribution in [0.2, 0.25) is 0 Å². The summed E-state index contributed by atoms with van der Waals surface area (Å²) >= 11 is 0. The SMILES string of the molecule is CC1CCCN(CCCS(=O)(=O)C2CNc3ccccc32)C1. The van der Waals surface area contributed by atoms with Crippen molar-refractivity contribution >= 4 is 15.5 Å². The molecule has 0 amide bonds. The summed E-state index contributed by atoms with van der Waals surface area (Å²) in [4.78, 5) is 2.42. The molecule has 2 atom stereocenters. The van der Waals surface area contributed by atoms with Gasteiger partial charge in [0.15, 0.2) is 9.84 Å². The highest BCUT2D eigenvalue weighted by molar-refractivity contribution is 7.91. The van der Waals surface area contributed by atoms with Crippen molar-refractivity contribution in [2.75, 3.05) is 37.2 Å². The Morgan fingerprint density at radius 1 is 1.32 bits per heavy atom. The highest BCUT2D eigenvalue weighted by atomic mass is 32.2. The monoisotopic (exact) mass is 322 g/mol. The number of nitrogens with zero attached hydrogens (tertiary/aromatic N) is 1. The summed E-state index contributed by atoms with van der Waals surface area (Å²) in [5.41, 5.74) is 1.91. The van der Waals surface area contributed by atoms with E-state index in [-0.39, 0.29) is 5.25 Å². The molecule has 0 spiro atoms. The van der Waals surface area contributed by atoms with Crippen LogP contribution in [0.15, 0.2) is 24.3 Å². The Hall–Kier alpha value is -1.07.